The normalized spacial score (nSPS) is 20.0. The number of hydrogen-bond donors (Lipinski definition) is 1. The van der Waals surface area contributed by atoms with Crippen molar-refractivity contribution in [2.24, 2.45) is 5.92 Å². The Bertz CT molecular complexity index is 417. The Balaban J connectivity index is 2.50. The van der Waals surface area contributed by atoms with Crippen molar-refractivity contribution in [3.05, 3.63) is 0 Å². The predicted molar refractivity (Wildman–Crippen MR) is 58.9 cm³/mol. The van der Waals surface area contributed by atoms with Gasteiger partial charge in [-0.1, -0.05) is 19.3 Å². The summed E-state index contributed by atoms with van der Waals surface area (Å²) in [5.74, 6) is -1.27. The van der Waals surface area contributed by atoms with Gasteiger partial charge in [-0.25, -0.2) is 4.39 Å². The molecule has 112 valence electrons. The number of hydrogen-bond acceptors (Lipinski definition) is 4. The summed E-state index contributed by atoms with van der Waals surface area (Å²) >= 11 is 0. The van der Waals surface area contributed by atoms with Crippen molar-refractivity contribution < 1.29 is 35.7 Å². The van der Waals surface area contributed by atoms with Crippen LogP contribution in [-0.2, 0) is 19.6 Å². The first-order chi connectivity index (χ1) is 8.66. The first-order valence-corrected chi connectivity index (χ1v) is 7.26. The van der Waals surface area contributed by atoms with E-state index in [0.29, 0.717) is 12.8 Å². The first kappa shape index (κ1) is 16.2. The maximum atomic E-state index is 13.0. The molecule has 1 unspecified atom stereocenters. The minimum Gasteiger partial charge on any atom is -0.462 e. The predicted octanol–water partition coefficient (Wildman–Crippen LogP) is 1.93. The highest BCUT2D eigenvalue weighted by Gasteiger charge is 2.53. The molecule has 1 atom stereocenters. The number of ether oxygens (including phenoxy) is 1. The van der Waals surface area contributed by atoms with Crippen molar-refractivity contribution in [2.45, 2.75) is 43.5 Å². The highest BCUT2D eigenvalue weighted by atomic mass is 32.2. The van der Waals surface area contributed by atoms with Crippen molar-refractivity contribution in [3.63, 3.8) is 0 Å². The largest absolute Gasteiger partial charge is 0.462 e. The third kappa shape index (κ3) is 4.07. The van der Waals surface area contributed by atoms with Gasteiger partial charge in [0.2, 0.25) is 6.17 Å². The lowest BCUT2D eigenvalue weighted by Gasteiger charge is -2.22. The second kappa shape index (κ2) is 6.08. The minimum atomic E-state index is -5.87. The number of carbonyl (C=O) groups excluding carboxylic acids is 1. The summed E-state index contributed by atoms with van der Waals surface area (Å²) in [6.45, 7) is -1.40. The lowest BCUT2D eigenvalue weighted by atomic mass is 9.89. The van der Waals surface area contributed by atoms with E-state index in [4.69, 9.17) is 4.55 Å². The van der Waals surface area contributed by atoms with Crippen molar-refractivity contribution in [3.8, 4) is 0 Å². The van der Waals surface area contributed by atoms with Crippen molar-refractivity contribution >= 4 is 16.1 Å². The number of alkyl halides is 3. The van der Waals surface area contributed by atoms with E-state index in [1.807, 2.05) is 0 Å². The average Bonchev–Trinajstić information content (AvgIpc) is 2.35. The summed E-state index contributed by atoms with van der Waals surface area (Å²) in [5.41, 5.74) is 0. The van der Waals surface area contributed by atoms with Crippen molar-refractivity contribution in [1.82, 2.24) is 0 Å². The van der Waals surface area contributed by atoms with Crippen LogP contribution >= 0.6 is 0 Å². The van der Waals surface area contributed by atoms with Crippen LogP contribution in [0.5, 0.6) is 0 Å². The van der Waals surface area contributed by atoms with Crippen LogP contribution in [0.15, 0.2) is 0 Å². The fraction of sp³-hybridized carbons (Fsp3) is 0.900. The van der Waals surface area contributed by atoms with Crippen LogP contribution in [0.3, 0.4) is 0 Å². The number of carbonyl (C=O) groups is 1. The number of rotatable bonds is 5. The zero-order valence-corrected chi connectivity index (χ0v) is 10.8. The fourth-order valence-corrected chi connectivity index (χ4v) is 2.26. The molecule has 0 spiro atoms. The van der Waals surface area contributed by atoms with E-state index < -0.39 is 40.0 Å². The highest BCUT2D eigenvalue weighted by Crippen LogP contribution is 2.29. The third-order valence-corrected chi connectivity index (χ3v) is 3.96. The maximum Gasteiger partial charge on any atom is 0.403 e. The van der Waals surface area contributed by atoms with Crippen molar-refractivity contribution in [1.29, 1.82) is 0 Å². The Morgan fingerprint density at radius 3 is 2.32 bits per heavy atom. The molecule has 0 bridgehead atoms. The van der Waals surface area contributed by atoms with Gasteiger partial charge in [0.05, 0.1) is 5.92 Å². The SMILES string of the molecule is O=C(OCC(F)C(F)(F)S(=O)(=O)O)C1CCCCC1. The van der Waals surface area contributed by atoms with Gasteiger partial charge < -0.3 is 4.74 Å². The summed E-state index contributed by atoms with van der Waals surface area (Å²) in [5, 5.41) is -4.99. The summed E-state index contributed by atoms with van der Waals surface area (Å²) in [7, 11) is -5.87. The highest BCUT2D eigenvalue weighted by molar-refractivity contribution is 7.86. The number of halogens is 3. The fourth-order valence-electron chi connectivity index (χ4n) is 1.87. The molecule has 0 aliphatic heterocycles. The Morgan fingerprint density at radius 1 is 1.32 bits per heavy atom. The number of esters is 1. The molecule has 19 heavy (non-hydrogen) atoms. The van der Waals surface area contributed by atoms with Crippen LogP contribution in [0, 0.1) is 5.92 Å². The van der Waals surface area contributed by atoms with E-state index in [1.54, 1.807) is 0 Å². The van der Waals surface area contributed by atoms with Crippen LogP contribution in [-0.4, -0.2) is 37.0 Å². The monoisotopic (exact) mass is 304 g/mol. The average molecular weight is 304 g/mol. The van der Waals surface area contributed by atoms with E-state index in [-0.39, 0.29) is 0 Å². The molecule has 1 aliphatic carbocycles. The Labute approximate surface area is 108 Å². The zero-order chi connectivity index (χ0) is 14.7. The Hall–Kier alpha value is -0.830. The molecule has 1 aliphatic rings. The molecular formula is C10H15F3O5S. The Morgan fingerprint density at radius 2 is 1.84 bits per heavy atom. The van der Waals surface area contributed by atoms with Gasteiger partial charge in [0, 0.05) is 0 Å². The zero-order valence-electron chi connectivity index (χ0n) is 10.0. The quantitative estimate of drug-likeness (QED) is 0.620. The van der Waals surface area contributed by atoms with Gasteiger partial charge in [-0.15, -0.1) is 0 Å². The van der Waals surface area contributed by atoms with Gasteiger partial charge >= 0.3 is 21.3 Å². The molecule has 5 nitrogen and oxygen atoms in total. The molecular weight excluding hydrogens is 289 g/mol. The first-order valence-electron chi connectivity index (χ1n) is 5.82. The molecule has 1 N–H and O–H groups in total. The summed E-state index contributed by atoms with van der Waals surface area (Å²) < 4.78 is 71.7. The molecule has 1 fully saturated rings. The molecule has 0 aromatic heterocycles. The second-order valence-electron chi connectivity index (χ2n) is 4.47. The van der Waals surface area contributed by atoms with E-state index in [1.165, 1.54) is 0 Å². The molecule has 0 heterocycles. The van der Waals surface area contributed by atoms with Gasteiger partial charge in [0.1, 0.15) is 6.61 Å². The molecule has 1 rings (SSSR count). The van der Waals surface area contributed by atoms with Crippen LogP contribution in [0.4, 0.5) is 13.2 Å². The van der Waals surface area contributed by atoms with E-state index >= 15 is 0 Å². The van der Waals surface area contributed by atoms with Gasteiger partial charge in [0.25, 0.3) is 0 Å². The molecule has 0 aromatic carbocycles. The van der Waals surface area contributed by atoms with Crippen LogP contribution in [0.1, 0.15) is 32.1 Å². The third-order valence-electron chi connectivity index (χ3n) is 3.02. The van der Waals surface area contributed by atoms with Gasteiger partial charge in [-0.2, -0.15) is 17.2 Å². The Kier molecular flexibility index (Phi) is 5.19. The molecule has 0 amide bonds. The molecule has 0 radical (unpaired) electrons. The van der Waals surface area contributed by atoms with Gasteiger partial charge in [-0.3, -0.25) is 9.35 Å². The van der Waals surface area contributed by atoms with Crippen LogP contribution in [0.25, 0.3) is 0 Å². The topological polar surface area (TPSA) is 80.7 Å². The lowest BCUT2D eigenvalue weighted by molar-refractivity contribution is -0.154. The van der Waals surface area contributed by atoms with E-state index in [0.717, 1.165) is 19.3 Å². The standard InChI is InChI=1S/C10H15F3O5S/c11-8(10(12,13)19(15,16)17)6-18-9(14)7-4-2-1-3-5-7/h7-8H,1-6H2,(H,15,16,17). The summed E-state index contributed by atoms with van der Waals surface area (Å²) in [6, 6.07) is 0. The van der Waals surface area contributed by atoms with Gasteiger partial charge in [0.15, 0.2) is 0 Å². The molecule has 1 saturated carbocycles. The summed E-state index contributed by atoms with van der Waals surface area (Å²) in [6.07, 6.45) is 0.376. The van der Waals surface area contributed by atoms with Crippen LogP contribution < -0.4 is 0 Å². The van der Waals surface area contributed by atoms with Crippen molar-refractivity contribution in [2.75, 3.05) is 6.61 Å². The van der Waals surface area contributed by atoms with Crippen LogP contribution in [0.2, 0.25) is 0 Å². The van der Waals surface area contributed by atoms with Gasteiger partial charge in [-0.05, 0) is 12.8 Å². The molecule has 9 heteroatoms. The lowest BCUT2D eigenvalue weighted by Crippen LogP contribution is -2.41. The molecule has 0 saturated heterocycles. The summed E-state index contributed by atoms with van der Waals surface area (Å²) in [4.78, 5) is 11.4. The molecule has 0 aromatic rings. The van der Waals surface area contributed by atoms with E-state index in [2.05, 4.69) is 4.74 Å². The van der Waals surface area contributed by atoms with E-state index in [9.17, 15) is 26.4 Å². The second-order valence-corrected chi connectivity index (χ2v) is 5.96. The smallest absolute Gasteiger partial charge is 0.403 e. The maximum absolute atomic E-state index is 13.0. The minimum absolute atomic E-state index is 0.458.